The van der Waals surface area contributed by atoms with E-state index in [2.05, 4.69) is 46.5 Å². The molecular weight excluding hydrogens is 362 g/mol. The molecule has 0 spiro atoms. The molecule has 0 bridgehead atoms. The minimum Gasteiger partial charge on any atom is -0.347 e. The molecule has 1 aromatic carbocycles. The highest BCUT2D eigenvalue weighted by molar-refractivity contribution is 5.92. The standard InChI is InChI=1S/C23H19N5O/c1-15-9-18(3-4-20(15)19-5-7-25-16(2)10-19)13-26-23(29)21-14-28-8-6-17(12-24)11-22(28)27-21/h3-11,14H,13H2,1-2H3,(H,26,29). The van der Waals surface area contributed by atoms with Crippen LogP contribution in [0.5, 0.6) is 0 Å². The second kappa shape index (κ2) is 7.56. The Morgan fingerprint density at radius 3 is 2.79 bits per heavy atom. The van der Waals surface area contributed by atoms with Crippen LogP contribution in [0.15, 0.2) is 61.1 Å². The first-order chi connectivity index (χ1) is 14.0. The van der Waals surface area contributed by atoms with Crippen molar-refractivity contribution >= 4 is 11.6 Å². The lowest BCUT2D eigenvalue weighted by Gasteiger charge is -2.10. The number of carbonyl (C=O) groups is 1. The van der Waals surface area contributed by atoms with Gasteiger partial charge in [-0.1, -0.05) is 18.2 Å². The van der Waals surface area contributed by atoms with Gasteiger partial charge in [0, 0.05) is 30.8 Å². The molecule has 1 N–H and O–H groups in total. The Morgan fingerprint density at radius 1 is 1.17 bits per heavy atom. The Kier molecular flexibility index (Phi) is 4.80. The van der Waals surface area contributed by atoms with Crippen molar-refractivity contribution < 1.29 is 4.79 Å². The number of fused-ring (bicyclic) bond motifs is 1. The lowest BCUT2D eigenvalue weighted by atomic mass is 9.98. The van der Waals surface area contributed by atoms with Crippen molar-refractivity contribution in [1.82, 2.24) is 19.7 Å². The van der Waals surface area contributed by atoms with Gasteiger partial charge in [-0.15, -0.1) is 0 Å². The molecule has 0 saturated heterocycles. The van der Waals surface area contributed by atoms with Gasteiger partial charge in [0.05, 0.1) is 11.6 Å². The number of amides is 1. The first-order valence-electron chi connectivity index (χ1n) is 9.23. The third-order valence-electron chi connectivity index (χ3n) is 4.77. The van der Waals surface area contributed by atoms with Gasteiger partial charge in [-0.2, -0.15) is 5.26 Å². The Labute approximate surface area is 168 Å². The summed E-state index contributed by atoms with van der Waals surface area (Å²) in [5, 5.41) is 11.9. The van der Waals surface area contributed by atoms with E-state index in [0.717, 1.165) is 27.9 Å². The normalized spacial score (nSPS) is 10.7. The second-order valence-corrected chi connectivity index (χ2v) is 6.94. The minimum absolute atomic E-state index is 0.251. The van der Waals surface area contributed by atoms with Gasteiger partial charge >= 0.3 is 0 Å². The Hall–Kier alpha value is -3.98. The fraction of sp³-hybridized carbons (Fsp3) is 0.130. The SMILES string of the molecule is Cc1cc(-c2ccc(CNC(=O)c3cn4ccc(C#N)cc4n3)cc2C)ccn1. The molecule has 4 rings (SSSR count). The van der Waals surface area contributed by atoms with E-state index in [-0.39, 0.29) is 5.91 Å². The molecule has 0 aliphatic heterocycles. The van der Waals surface area contributed by atoms with E-state index in [9.17, 15) is 4.79 Å². The topological polar surface area (TPSA) is 83.1 Å². The van der Waals surface area contributed by atoms with Gasteiger partial charge in [0.25, 0.3) is 5.91 Å². The zero-order chi connectivity index (χ0) is 20.4. The van der Waals surface area contributed by atoms with Crippen molar-refractivity contribution in [2.24, 2.45) is 0 Å². The summed E-state index contributed by atoms with van der Waals surface area (Å²) < 4.78 is 1.73. The van der Waals surface area contributed by atoms with E-state index in [1.54, 1.807) is 28.9 Å². The highest BCUT2D eigenvalue weighted by Crippen LogP contribution is 2.24. The van der Waals surface area contributed by atoms with Crippen LogP contribution in [-0.2, 0) is 6.54 Å². The summed E-state index contributed by atoms with van der Waals surface area (Å²) in [5.74, 6) is -0.251. The van der Waals surface area contributed by atoms with Gasteiger partial charge in [0.2, 0.25) is 0 Å². The molecule has 29 heavy (non-hydrogen) atoms. The fourth-order valence-corrected chi connectivity index (χ4v) is 3.31. The molecule has 6 nitrogen and oxygen atoms in total. The molecule has 0 aliphatic rings. The molecule has 0 fully saturated rings. The number of nitriles is 1. The maximum atomic E-state index is 12.5. The summed E-state index contributed by atoms with van der Waals surface area (Å²) in [6.07, 6.45) is 5.19. The average Bonchev–Trinajstić information content (AvgIpc) is 3.15. The largest absolute Gasteiger partial charge is 0.347 e. The number of carbonyl (C=O) groups excluding carboxylic acids is 1. The summed E-state index contributed by atoms with van der Waals surface area (Å²) in [6, 6.07) is 15.6. The molecule has 3 aromatic heterocycles. The van der Waals surface area contributed by atoms with E-state index in [1.165, 1.54) is 0 Å². The lowest BCUT2D eigenvalue weighted by Crippen LogP contribution is -2.23. The average molecular weight is 381 g/mol. The van der Waals surface area contributed by atoms with E-state index in [4.69, 9.17) is 5.26 Å². The number of nitrogens with zero attached hydrogens (tertiary/aromatic N) is 4. The number of benzene rings is 1. The number of hydrogen-bond acceptors (Lipinski definition) is 4. The fourth-order valence-electron chi connectivity index (χ4n) is 3.31. The monoisotopic (exact) mass is 381 g/mol. The van der Waals surface area contributed by atoms with Crippen molar-refractivity contribution in [2.45, 2.75) is 20.4 Å². The highest BCUT2D eigenvalue weighted by atomic mass is 16.1. The van der Waals surface area contributed by atoms with Crippen molar-refractivity contribution in [2.75, 3.05) is 0 Å². The predicted molar refractivity (Wildman–Crippen MR) is 110 cm³/mol. The summed E-state index contributed by atoms with van der Waals surface area (Å²) >= 11 is 0. The summed E-state index contributed by atoms with van der Waals surface area (Å²) in [6.45, 7) is 4.45. The van der Waals surface area contributed by atoms with Crippen molar-refractivity contribution in [1.29, 1.82) is 5.26 Å². The van der Waals surface area contributed by atoms with Gasteiger partial charge in [-0.3, -0.25) is 9.78 Å². The van der Waals surface area contributed by atoms with Crippen molar-refractivity contribution in [3.63, 3.8) is 0 Å². The molecule has 3 heterocycles. The molecule has 0 aliphatic carbocycles. The van der Waals surface area contributed by atoms with Crippen LogP contribution in [0.4, 0.5) is 0 Å². The van der Waals surface area contributed by atoms with Crippen LogP contribution in [0, 0.1) is 25.2 Å². The van der Waals surface area contributed by atoms with Gasteiger partial charge in [-0.05, 0) is 60.4 Å². The molecule has 4 aromatic rings. The minimum atomic E-state index is -0.251. The Morgan fingerprint density at radius 2 is 2.03 bits per heavy atom. The highest BCUT2D eigenvalue weighted by Gasteiger charge is 2.11. The van der Waals surface area contributed by atoms with Crippen LogP contribution in [0.1, 0.15) is 32.9 Å². The molecule has 0 saturated carbocycles. The smallest absolute Gasteiger partial charge is 0.271 e. The number of imidazole rings is 1. The zero-order valence-corrected chi connectivity index (χ0v) is 16.2. The lowest BCUT2D eigenvalue weighted by molar-refractivity contribution is 0.0946. The van der Waals surface area contributed by atoms with Gasteiger partial charge in [0.1, 0.15) is 11.3 Å². The molecule has 142 valence electrons. The van der Waals surface area contributed by atoms with Crippen LogP contribution in [0.3, 0.4) is 0 Å². The number of pyridine rings is 2. The number of aromatic nitrogens is 3. The van der Waals surface area contributed by atoms with E-state index < -0.39 is 0 Å². The molecule has 0 unspecified atom stereocenters. The van der Waals surface area contributed by atoms with Crippen molar-refractivity contribution in [3.05, 3.63) is 89.1 Å². The van der Waals surface area contributed by atoms with E-state index >= 15 is 0 Å². The zero-order valence-electron chi connectivity index (χ0n) is 16.2. The first kappa shape index (κ1) is 18.4. The maximum absolute atomic E-state index is 12.5. The maximum Gasteiger partial charge on any atom is 0.271 e. The predicted octanol–water partition coefficient (Wildman–Crippen LogP) is 3.81. The van der Waals surface area contributed by atoms with E-state index in [0.29, 0.717) is 23.4 Å². The third-order valence-corrected chi connectivity index (χ3v) is 4.77. The summed E-state index contributed by atoms with van der Waals surface area (Å²) in [4.78, 5) is 21.0. The molecule has 0 atom stereocenters. The molecule has 0 radical (unpaired) electrons. The molecule has 6 heteroatoms. The summed E-state index contributed by atoms with van der Waals surface area (Å²) in [5.41, 5.74) is 6.82. The third kappa shape index (κ3) is 3.85. The van der Waals surface area contributed by atoms with Gasteiger partial charge < -0.3 is 9.72 Å². The Balaban J connectivity index is 1.48. The van der Waals surface area contributed by atoms with Crippen molar-refractivity contribution in [3.8, 4) is 17.2 Å². The van der Waals surface area contributed by atoms with Crippen LogP contribution in [0.25, 0.3) is 16.8 Å². The van der Waals surface area contributed by atoms with Crippen LogP contribution in [0.2, 0.25) is 0 Å². The number of hydrogen-bond donors (Lipinski definition) is 1. The Bertz CT molecular complexity index is 1270. The van der Waals surface area contributed by atoms with Crippen LogP contribution >= 0.6 is 0 Å². The van der Waals surface area contributed by atoms with Crippen LogP contribution < -0.4 is 5.32 Å². The van der Waals surface area contributed by atoms with Gasteiger partial charge in [0.15, 0.2) is 0 Å². The summed E-state index contributed by atoms with van der Waals surface area (Å²) in [7, 11) is 0. The van der Waals surface area contributed by atoms with Gasteiger partial charge in [-0.25, -0.2) is 4.98 Å². The second-order valence-electron chi connectivity index (χ2n) is 6.94. The van der Waals surface area contributed by atoms with Crippen LogP contribution in [-0.4, -0.2) is 20.3 Å². The number of aryl methyl sites for hydroxylation is 2. The quantitative estimate of drug-likeness (QED) is 0.583. The number of rotatable bonds is 4. The molecular formula is C23H19N5O. The number of nitrogens with one attached hydrogen (secondary N) is 1. The molecule has 1 amide bonds. The first-order valence-corrected chi connectivity index (χ1v) is 9.23. The van der Waals surface area contributed by atoms with E-state index in [1.807, 2.05) is 25.3 Å².